The van der Waals surface area contributed by atoms with Crippen molar-refractivity contribution in [1.29, 1.82) is 0 Å². The normalized spacial score (nSPS) is 27.3. The van der Waals surface area contributed by atoms with Crippen LogP contribution in [0.25, 0.3) is 10.9 Å². The quantitative estimate of drug-likeness (QED) is 0.617. The third-order valence-electron chi connectivity index (χ3n) is 4.88. The number of nitrogens with zero attached hydrogens (tertiary/aromatic N) is 2. The number of aliphatic carboxylic acids is 1. The Morgan fingerprint density at radius 1 is 1.08 bits per heavy atom. The van der Waals surface area contributed by atoms with E-state index in [-0.39, 0.29) is 17.7 Å². The summed E-state index contributed by atoms with van der Waals surface area (Å²) >= 11 is 0. The van der Waals surface area contributed by atoms with Gasteiger partial charge >= 0.3 is 0 Å². The number of hydrazine groups is 1. The minimum Gasteiger partial charge on any atom is -0.550 e. The molecule has 1 fully saturated rings. The van der Waals surface area contributed by atoms with Crippen LogP contribution in [0.2, 0.25) is 0 Å². The first-order valence-corrected chi connectivity index (χ1v) is 7.80. The molecule has 4 rings (SSSR count). The summed E-state index contributed by atoms with van der Waals surface area (Å²) in [5.74, 6) is -2.62. The van der Waals surface area contributed by atoms with E-state index in [1.54, 1.807) is 0 Å². The number of anilines is 1. The Morgan fingerprint density at radius 2 is 1.83 bits per heavy atom. The first-order valence-electron chi connectivity index (χ1n) is 7.80. The molecule has 0 spiro atoms. The zero-order chi connectivity index (χ0) is 16.7. The van der Waals surface area contributed by atoms with Gasteiger partial charge in [0.15, 0.2) is 5.82 Å². The lowest BCUT2D eigenvalue weighted by Crippen LogP contribution is -2.46. The van der Waals surface area contributed by atoms with Crippen LogP contribution in [0, 0.1) is 23.7 Å². The van der Waals surface area contributed by atoms with Crippen molar-refractivity contribution in [2.45, 2.75) is 6.42 Å². The fraction of sp³-hybridized carbons (Fsp3) is 0.294. The van der Waals surface area contributed by atoms with Gasteiger partial charge in [-0.05, 0) is 30.4 Å². The first-order chi connectivity index (χ1) is 11.6. The molecule has 0 unspecified atom stereocenters. The van der Waals surface area contributed by atoms with Gasteiger partial charge in [0.25, 0.3) is 0 Å². The summed E-state index contributed by atoms with van der Waals surface area (Å²) in [7, 11) is 0. The largest absolute Gasteiger partial charge is 0.550 e. The summed E-state index contributed by atoms with van der Waals surface area (Å²) in [6.07, 6.45) is 5.89. The fourth-order valence-electron chi connectivity index (χ4n) is 3.81. The maximum Gasteiger partial charge on any atom is 0.242 e. The van der Waals surface area contributed by atoms with Crippen LogP contribution >= 0.6 is 0 Å². The number of para-hydroxylation sites is 1. The second-order valence-electron chi connectivity index (χ2n) is 6.17. The molecule has 0 aliphatic heterocycles. The molecular weight excluding hydrogens is 308 g/mol. The smallest absolute Gasteiger partial charge is 0.242 e. The van der Waals surface area contributed by atoms with Gasteiger partial charge in [0.05, 0.1) is 11.4 Å². The van der Waals surface area contributed by atoms with E-state index in [1.165, 1.54) is 6.33 Å². The van der Waals surface area contributed by atoms with Crippen molar-refractivity contribution in [3.8, 4) is 0 Å². The van der Waals surface area contributed by atoms with Gasteiger partial charge in [-0.1, -0.05) is 24.3 Å². The van der Waals surface area contributed by atoms with Crippen LogP contribution in [0.15, 0.2) is 42.7 Å². The van der Waals surface area contributed by atoms with Gasteiger partial charge in [0, 0.05) is 17.3 Å². The maximum absolute atomic E-state index is 12.5. The van der Waals surface area contributed by atoms with Gasteiger partial charge in [-0.15, -0.1) is 0 Å². The maximum atomic E-state index is 12.5. The van der Waals surface area contributed by atoms with Crippen molar-refractivity contribution < 1.29 is 14.7 Å². The molecule has 4 atom stereocenters. The Morgan fingerprint density at radius 3 is 2.62 bits per heavy atom. The van der Waals surface area contributed by atoms with Crippen LogP contribution in [0.4, 0.5) is 5.82 Å². The van der Waals surface area contributed by atoms with Crippen LogP contribution in [0.1, 0.15) is 6.42 Å². The average Bonchev–Trinajstić information content (AvgIpc) is 3.20. The zero-order valence-corrected chi connectivity index (χ0v) is 12.7. The number of benzene rings is 1. The van der Waals surface area contributed by atoms with Crippen molar-refractivity contribution in [3.05, 3.63) is 42.7 Å². The van der Waals surface area contributed by atoms with Crippen molar-refractivity contribution in [2.24, 2.45) is 23.7 Å². The van der Waals surface area contributed by atoms with Gasteiger partial charge < -0.3 is 9.90 Å². The molecule has 0 saturated heterocycles. The molecule has 2 aromatic rings. The van der Waals surface area contributed by atoms with Crippen molar-refractivity contribution in [1.82, 2.24) is 15.4 Å². The van der Waals surface area contributed by atoms with Crippen molar-refractivity contribution in [3.63, 3.8) is 0 Å². The molecule has 2 N–H and O–H groups in total. The molecule has 24 heavy (non-hydrogen) atoms. The van der Waals surface area contributed by atoms with E-state index in [0.29, 0.717) is 12.2 Å². The Kier molecular flexibility index (Phi) is 3.41. The molecule has 122 valence electrons. The van der Waals surface area contributed by atoms with E-state index in [1.807, 2.05) is 36.4 Å². The molecule has 1 saturated carbocycles. The Labute approximate surface area is 137 Å². The lowest BCUT2D eigenvalue weighted by atomic mass is 9.82. The monoisotopic (exact) mass is 323 g/mol. The number of carbonyl (C=O) groups is 2. The number of hydrogen-bond acceptors (Lipinski definition) is 6. The van der Waals surface area contributed by atoms with E-state index >= 15 is 0 Å². The minimum atomic E-state index is -1.17. The topological polar surface area (TPSA) is 107 Å². The highest BCUT2D eigenvalue weighted by Gasteiger charge is 2.48. The number of carbonyl (C=O) groups excluding carboxylic acids is 2. The van der Waals surface area contributed by atoms with Gasteiger partial charge in [-0.2, -0.15) is 0 Å². The molecule has 7 heteroatoms. The highest BCUT2D eigenvalue weighted by molar-refractivity contribution is 5.91. The average molecular weight is 323 g/mol. The van der Waals surface area contributed by atoms with Gasteiger partial charge in [0.2, 0.25) is 5.91 Å². The molecule has 2 aliphatic rings. The summed E-state index contributed by atoms with van der Waals surface area (Å²) in [4.78, 5) is 32.2. The number of hydrogen-bond donors (Lipinski definition) is 2. The van der Waals surface area contributed by atoms with Crippen LogP contribution in [0.3, 0.4) is 0 Å². The molecule has 1 aromatic carbocycles. The van der Waals surface area contributed by atoms with E-state index in [0.717, 1.165) is 10.9 Å². The lowest BCUT2D eigenvalue weighted by Gasteiger charge is -2.27. The molecule has 7 nitrogen and oxygen atoms in total. The van der Waals surface area contributed by atoms with Gasteiger partial charge in [-0.3, -0.25) is 15.6 Å². The minimum absolute atomic E-state index is 0.0538. The van der Waals surface area contributed by atoms with Crippen LogP contribution in [0.5, 0.6) is 0 Å². The number of carboxylic acids is 1. The van der Waals surface area contributed by atoms with E-state index in [9.17, 15) is 14.7 Å². The third-order valence-corrected chi connectivity index (χ3v) is 4.88. The van der Waals surface area contributed by atoms with Crippen LogP contribution < -0.4 is 16.0 Å². The number of amides is 1. The van der Waals surface area contributed by atoms with Crippen molar-refractivity contribution >= 4 is 28.6 Å². The molecule has 1 amide bonds. The summed E-state index contributed by atoms with van der Waals surface area (Å²) < 4.78 is 0. The summed E-state index contributed by atoms with van der Waals surface area (Å²) in [5, 5.41) is 12.2. The highest BCUT2D eigenvalue weighted by atomic mass is 16.4. The number of allylic oxidation sites excluding steroid dienone is 2. The summed E-state index contributed by atoms with van der Waals surface area (Å²) in [5.41, 5.74) is 6.14. The predicted molar refractivity (Wildman–Crippen MR) is 84.0 cm³/mol. The van der Waals surface area contributed by atoms with E-state index in [4.69, 9.17) is 0 Å². The van der Waals surface area contributed by atoms with Crippen LogP contribution in [-0.4, -0.2) is 21.8 Å². The number of fused-ring (bicyclic) bond motifs is 3. The van der Waals surface area contributed by atoms with Crippen LogP contribution in [-0.2, 0) is 9.59 Å². The van der Waals surface area contributed by atoms with Gasteiger partial charge in [0.1, 0.15) is 6.33 Å². The molecule has 2 aliphatic carbocycles. The molecule has 1 heterocycles. The SMILES string of the molecule is O=C(NNc1ncnc2ccccc12)[C@@H]1[C@H](C(=O)[O-])[C@H]2C=C[C@@H]1C2. The fourth-order valence-corrected chi connectivity index (χ4v) is 3.81. The number of aromatic nitrogens is 2. The molecule has 2 bridgehead atoms. The Hall–Kier alpha value is -2.96. The third kappa shape index (κ3) is 2.29. The number of nitrogens with one attached hydrogen (secondary N) is 2. The molecular formula is C17H15N4O3-. The standard InChI is InChI=1S/C17H16N4O3/c22-16(13-9-5-6-10(7-9)14(13)17(23)24)21-20-15-11-3-1-2-4-12(11)18-8-19-15/h1-6,8-10,13-14H,7H2,(H,21,22)(H,23,24)(H,18,19,20)/p-1/t9-,10+,13+,14-/m1/s1. The van der Waals surface area contributed by atoms with E-state index < -0.39 is 17.8 Å². The predicted octanol–water partition coefficient (Wildman–Crippen LogP) is 0.261. The molecule has 1 aromatic heterocycles. The second kappa shape index (κ2) is 5.59. The van der Waals surface area contributed by atoms with E-state index in [2.05, 4.69) is 20.8 Å². The first kappa shape index (κ1) is 14.6. The summed E-state index contributed by atoms with van der Waals surface area (Å²) in [6.45, 7) is 0. The Bertz CT molecular complexity index is 845. The lowest BCUT2D eigenvalue weighted by molar-refractivity contribution is -0.313. The number of rotatable bonds is 4. The second-order valence-corrected chi connectivity index (χ2v) is 6.17. The van der Waals surface area contributed by atoms with Gasteiger partial charge in [-0.25, -0.2) is 9.97 Å². The Balaban J connectivity index is 1.52. The van der Waals surface area contributed by atoms with Crippen molar-refractivity contribution in [2.75, 3.05) is 5.43 Å². The zero-order valence-electron chi connectivity index (χ0n) is 12.7. The highest BCUT2D eigenvalue weighted by Crippen LogP contribution is 2.47. The summed E-state index contributed by atoms with van der Waals surface area (Å²) in [6, 6.07) is 7.40. The molecule has 0 radical (unpaired) electrons. The number of carboxylic acid groups (broad SMARTS) is 1.